The Hall–Kier alpha value is -2.04. The highest BCUT2D eigenvalue weighted by Crippen LogP contribution is 2.47. The van der Waals surface area contributed by atoms with E-state index >= 15 is 0 Å². The molecule has 2 aromatic rings. The lowest BCUT2D eigenvalue weighted by molar-refractivity contribution is -0.0718. The first-order valence-electron chi connectivity index (χ1n) is 7.69. The van der Waals surface area contributed by atoms with E-state index in [1.54, 1.807) is 12.3 Å². The van der Waals surface area contributed by atoms with Gasteiger partial charge in [-0.2, -0.15) is 0 Å². The van der Waals surface area contributed by atoms with E-state index in [9.17, 15) is 0 Å². The Morgan fingerprint density at radius 2 is 2.13 bits per heavy atom. The Labute approximate surface area is 140 Å². The van der Waals surface area contributed by atoms with Gasteiger partial charge in [0.05, 0.1) is 5.02 Å². The molecule has 1 N–H and O–H groups in total. The van der Waals surface area contributed by atoms with Crippen molar-refractivity contribution in [2.45, 2.75) is 19.1 Å². The molecule has 1 aromatic heterocycles. The van der Waals surface area contributed by atoms with Crippen LogP contribution in [0.5, 0.6) is 11.5 Å². The fraction of sp³-hybridized carbons (Fsp3) is 0.278. The minimum Gasteiger partial charge on any atom is -0.443 e. The molecule has 4 rings (SSSR count). The molecule has 2 aliphatic rings. The molecule has 1 aromatic carbocycles. The maximum atomic E-state index is 6.22. The third kappa shape index (κ3) is 2.58. The predicted molar refractivity (Wildman–Crippen MR) is 89.8 cm³/mol. The van der Waals surface area contributed by atoms with Crippen LogP contribution in [0.15, 0.2) is 42.6 Å². The Balaban J connectivity index is 1.72. The molecule has 0 radical (unpaired) electrons. The van der Waals surface area contributed by atoms with Gasteiger partial charge in [0.25, 0.3) is 5.79 Å². The number of hydrogen-bond acceptors (Lipinski definition) is 4. The normalized spacial score (nSPS) is 22.8. The van der Waals surface area contributed by atoms with Crippen molar-refractivity contribution in [2.75, 3.05) is 13.1 Å². The fourth-order valence-electron chi connectivity index (χ4n) is 3.00. The second-order valence-corrected chi connectivity index (χ2v) is 6.26. The van der Waals surface area contributed by atoms with E-state index in [-0.39, 0.29) is 0 Å². The molecule has 23 heavy (non-hydrogen) atoms. The minimum absolute atomic E-state index is 0.591. The Bertz CT molecular complexity index is 773. The lowest BCUT2D eigenvalue weighted by Gasteiger charge is -2.22. The number of ether oxygens (including phenoxy) is 2. The summed E-state index contributed by atoms with van der Waals surface area (Å²) in [5.41, 5.74) is 3.09. The average molecular weight is 329 g/mol. The van der Waals surface area contributed by atoms with Crippen molar-refractivity contribution >= 4 is 17.2 Å². The maximum absolute atomic E-state index is 6.22. The molecule has 118 valence electrons. The highest BCUT2D eigenvalue weighted by molar-refractivity contribution is 6.30. The van der Waals surface area contributed by atoms with Gasteiger partial charge in [-0.25, -0.2) is 0 Å². The van der Waals surface area contributed by atoms with Gasteiger partial charge in [-0.3, -0.25) is 4.98 Å². The summed E-state index contributed by atoms with van der Waals surface area (Å²) in [5.74, 6) is 0.609. The molecule has 4 nitrogen and oxygen atoms in total. The summed E-state index contributed by atoms with van der Waals surface area (Å²) in [7, 11) is 0. The summed E-state index contributed by atoms with van der Waals surface area (Å²) in [6.07, 6.45) is 4.79. The number of benzene rings is 1. The molecule has 0 spiro atoms. The van der Waals surface area contributed by atoms with E-state index in [0.717, 1.165) is 36.6 Å². The van der Waals surface area contributed by atoms with Crippen LogP contribution in [0.25, 0.3) is 5.57 Å². The second kappa shape index (κ2) is 5.55. The second-order valence-electron chi connectivity index (χ2n) is 5.83. The number of nitrogens with one attached hydrogen (secondary N) is 1. The van der Waals surface area contributed by atoms with E-state index in [4.69, 9.17) is 21.1 Å². The highest BCUT2D eigenvalue weighted by atomic mass is 35.5. The maximum Gasteiger partial charge on any atom is 0.292 e. The number of nitrogens with zero attached hydrogens (tertiary/aromatic N) is 1. The Morgan fingerprint density at radius 3 is 2.87 bits per heavy atom. The van der Waals surface area contributed by atoms with E-state index in [2.05, 4.69) is 22.4 Å². The first-order valence-corrected chi connectivity index (χ1v) is 8.07. The van der Waals surface area contributed by atoms with Crippen molar-refractivity contribution in [2.24, 2.45) is 0 Å². The van der Waals surface area contributed by atoms with Crippen LogP contribution in [-0.4, -0.2) is 18.1 Å². The van der Waals surface area contributed by atoms with Crippen LogP contribution in [-0.2, 0) is 5.79 Å². The average Bonchev–Trinajstić information content (AvgIpc) is 2.93. The van der Waals surface area contributed by atoms with Gasteiger partial charge in [-0.15, -0.1) is 0 Å². The quantitative estimate of drug-likeness (QED) is 0.911. The Morgan fingerprint density at radius 1 is 1.22 bits per heavy atom. The van der Waals surface area contributed by atoms with Crippen LogP contribution in [0.4, 0.5) is 0 Å². The molecule has 0 saturated heterocycles. The van der Waals surface area contributed by atoms with Crippen molar-refractivity contribution < 1.29 is 9.47 Å². The van der Waals surface area contributed by atoms with Gasteiger partial charge < -0.3 is 14.8 Å². The fourth-order valence-corrected chi connectivity index (χ4v) is 3.11. The molecule has 0 fully saturated rings. The van der Waals surface area contributed by atoms with Gasteiger partial charge in [-0.05, 0) is 36.7 Å². The Kier molecular flexibility index (Phi) is 3.51. The summed E-state index contributed by atoms with van der Waals surface area (Å²) in [5, 5.41) is 3.92. The molecule has 1 atom stereocenters. The number of pyridine rings is 1. The van der Waals surface area contributed by atoms with Gasteiger partial charge in [0.1, 0.15) is 5.69 Å². The lowest BCUT2D eigenvalue weighted by Crippen LogP contribution is -2.32. The van der Waals surface area contributed by atoms with Crippen molar-refractivity contribution in [1.82, 2.24) is 10.3 Å². The monoisotopic (exact) mass is 328 g/mol. The summed E-state index contributed by atoms with van der Waals surface area (Å²) >= 11 is 5.92. The number of rotatable bonds is 2. The smallest absolute Gasteiger partial charge is 0.292 e. The SMILES string of the molecule is C[C@@]1(c2ccc(Cl)cn2)Oc2cccc(C3=CCNCC3)c2O1. The first-order chi connectivity index (χ1) is 11.2. The van der Waals surface area contributed by atoms with E-state index in [1.807, 2.05) is 25.1 Å². The summed E-state index contributed by atoms with van der Waals surface area (Å²) in [6.45, 7) is 3.74. The number of para-hydroxylation sites is 1. The first kappa shape index (κ1) is 14.5. The van der Waals surface area contributed by atoms with Gasteiger partial charge in [0.2, 0.25) is 0 Å². The third-order valence-electron chi connectivity index (χ3n) is 4.18. The summed E-state index contributed by atoms with van der Waals surface area (Å²) in [6, 6.07) is 9.64. The van der Waals surface area contributed by atoms with Crippen molar-refractivity contribution in [1.29, 1.82) is 0 Å². The van der Waals surface area contributed by atoms with Gasteiger partial charge >= 0.3 is 0 Å². The van der Waals surface area contributed by atoms with Gasteiger partial charge in [0.15, 0.2) is 11.5 Å². The molecule has 5 heteroatoms. The third-order valence-corrected chi connectivity index (χ3v) is 4.41. The molecule has 3 heterocycles. The molecule has 2 aliphatic heterocycles. The molecule has 0 bridgehead atoms. The minimum atomic E-state index is -0.934. The van der Waals surface area contributed by atoms with Crippen LogP contribution in [0.3, 0.4) is 0 Å². The van der Waals surface area contributed by atoms with E-state index in [0.29, 0.717) is 10.7 Å². The molecule has 0 amide bonds. The predicted octanol–water partition coefficient (Wildman–Crippen LogP) is 3.76. The number of halogens is 1. The van der Waals surface area contributed by atoms with E-state index in [1.165, 1.54) is 5.57 Å². The standard InChI is InChI=1S/C18H17ClN2O2/c1-18(16-6-5-13(19)11-21-16)22-15-4-2-3-14(17(15)23-18)12-7-9-20-10-8-12/h2-7,11,20H,8-10H2,1H3/t18-/m1/s1. The van der Waals surface area contributed by atoms with Crippen LogP contribution < -0.4 is 14.8 Å². The summed E-state index contributed by atoms with van der Waals surface area (Å²) in [4.78, 5) is 4.35. The van der Waals surface area contributed by atoms with Crippen LogP contribution in [0.2, 0.25) is 5.02 Å². The number of fused-ring (bicyclic) bond motifs is 1. The number of hydrogen-bond donors (Lipinski definition) is 1. The van der Waals surface area contributed by atoms with Crippen LogP contribution in [0.1, 0.15) is 24.6 Å². The van der Waals surface area contributed by atoms with Crippen molar-refractivity contribution in [3.05, 3.63) is 58.9 Å². The van der Waals surface area contributed by atoms with Crippen LogP contribution in [0, 0.1) is 0 Å². The van der Waals surface area contributed by atoms with Gasteiger partial charge in [0, 0.05) is 25.2 Å². The lowest BCUT2D eigenvalue weighted by atomic mass is 9.99. The van der Waals surface area contributed by atoms with Crippen molar-refractivity contribution in [3.8, 4) is 11.5 Å². The van der Waals surface area contributed by atoms with Crippen LogP contribution >= 0.6 is 11.6 Å². The zero-order valence-corrected chi connectivity index (χ0v) is 13.6. The zero-order valence-electron chi connectivity index (χ0n) is 12.8. The molecule has 0 saturated carbocycles. The largest absolute Gasteiger partial charge is 0.443 e. The zero-order chi connectivity index (χ0) is 15.9. The molecular formula is C18H17ClN2O2. The number of aromatic nitrogens is 1. The summed E-state index contributed by atoms with van der Waals surface area (Å²) < 4.78 is 12.3. The molecule has 0 aliphatic carbocycles. The highest BCUT2D eigenvalue weighted by Gasteiger charge is 2.41. The molecule has 0 unspecified atom stereocenters. The van der Waals surface area contributed by atoms with Gasteiger partial charge in [-0.1, -0.05) is 29.8 Å². The topological polar surface area (TPSA) is 43.4 Å². The van der Waals surface area contributed by atoms with E-state index < -0.39 is 5.79 Å². The molecular weight excluding hydrogens is 312 g/mol. The van der Waals surface area contributed by atoms with Crippen molar-refractivity contribution in [3.63, 3.8) is 0 Å².